The smallest absolute Gasteiger partial charge is 0.312 e. The van der Waals surface area contributed by atoms with E-state index in [4.69, 9.17) is 4.74 Å². The highest BCUT2D eigenvalue weighted by atomic mass is 16.5. The summed E-state index contributed by atoms with van der Waals surface area (Å²) in [5, 5.41) is 8.44. The zero-order chi connectivity index (χ0) is 20.9. The van der Waals surface area contributed by atoms with Crippen molar-refractivity contribution in [2.75, 3.05) is 7.11 Å². The lowest BCUT2D eigenvalue weighted by molar-refractivity contribution is -0.151. The standard InChI is InChI=1S/C23H25N3O3/c1-13-16(9-10-18-21(13)24-25-26(18)4)20(23(2,3)22(28)29-5)15-7-6-14-8-11-19(27)17(14)12-15/h6-7,9-10,12,20H,8,11H2,1-5H3/t20-/m0/s1. The zero-order valence-electron chi connectivity index (χ0n) is 17.4. The van der Waals surface area contributed by atoms with E-state index in [1.807, 2.05) is 58.2 Å². The van der Waals surface area contributed by atoms with Gasteiger partial charge in [-0.3, -0.25) is 9.59 Å². The predicted octanol–water partition coefficient (Wildman–Crippen LogP) is 3.74. The van der Waals surface area contributed by atoms with E-state index in [-0.39, 0.29) is 17.7 Å². The number of benzene rings is 2. The van der Waals surface area contributed by atoms with Crippen LogP contribution in [0.5, 0.6) is 0 Å². The molecule has 1 heterocycles. The number of carbonyl (C=O) groups is 2. The molecule has 0 amide bonds. The fourth-order valence-electron chi connectivity index (χ4n) is 4.56. The van der Waals surface area contributed by atoms with Crippen molar-refractivity contribution < 1.29 is 14.3 Å². The van der Waals surface area contributed by atoms with Crippen LogP contribution >= 0.6 is 0 Å². The van der Waals surface area contributed by atoms with Crippen LogP contribution in [0.2, 0.25) is 0 Å². The molecule has 1 aliphatic carbocycles. The molecule has 4 rings (SSSR count). The molecule has 6 nitrogen and oxygen atoms in total. The Hall–Kier alpha value is -3.02. The molecule has 0 N–H and O–H groups in total. The van der Waals surface area contributed by atoms with Gasteiger partial charge in [-0.05, 0) is 61.6 Å². The second-order valence-corrected chi connectivity index (χ2v) is 8.35. The minimum Gasteiger partial charge on any atom is -0.469 e. The molecular weight excluding hydrogens is 366 g/mol. The molecule has 6 heteroatoms. The Bertz CT molecular complexity index is 1140. The van der Waals surface area contributed by atoms with Crippen molar-refractivity contribution in [2.45, 2.75) is 39.5 Å². The third-order valence-corrected chi connectivity index (χ3v) is 6.21. The fourth-order valence-corrected chi connectivity index (χ4v) is 4.56. The van der Waals surface area contributed by atoms with Gasteiger partial charge in [-0.25, -0.2) is 4.68 Å². The Kier molecular flexibility index (Phi) is 4.52. The van der Waals surface area contributed by atoms with Gasteiger partial charge in [-0.15, -0.1) is 5.10 Å². The van der Waals surface area contributed by atoms with Crippen LogP contribution in [0.4, 0.5) is 0 Å². The van der Waals surface area contributed by atoms with Crippen LogP contribution in [0.15, 0.2) is 30.3 Å². The Morgan fingerprint density at radius 2 is 1.97 bits per heavy atom. The highest BCUT2D eigenvalue weighted by Crippen LogP contribution is 2.45. The van der Waals surface area contributed by atoms with Crippen molar-refractivity contribution in [1.82, 2.24) is 15.0 Å². The quantitative estimate of drug-likeness (QED) is 0.634. The van der Waals surface area contributed by atoms with Crippen LogP contribution < -0.4 is 0 Å². The highest BCUT2D eigenvalue weighted by Gasteiger charge is 2.41. The first-order valence-electron chi connectivity index (χ1n) is 9.79. The average molecular weight is 391 g/mol. The van der Waals surface area contributed by atoms with Crippen LogP contribution in [-0.2, 0) is 23.0 Å². The summed E-state index contributed by atoms with van der Waals surface area (Å²) in [6.45, 7) is 5.78. The summed E-state index contributed by atoms with van der Waals surface area (Å²) in [6.07, 6.45) is 1.33. The number of rotatable bonds is 4. The van der Waals surface area contributed by atoms with Crippen LogP contribution in [0.3, 0.4) is 0 Å². The number of Topliss-reactive ketones (excluding diaryl/α,β-unsaturated/α-hetero) is 1. The maximum Gasteiger partial charge on any atom is 0.312 e. The number of hydrogen-bond donors (Lipinski definition) is 0. The molecule has 1 aromatic heterocycles. The number of aryl methyl sites for hydroxylation is 3. The third kappa shape index (κ3) is 2.94. The second-order valence-electron chi connectivity index (χ2n) is 8.35. The number of methoxy groups -OCH3 is 1. The molecule has 3 aromatic rings. The fraction of sp³-hybridized carbons (Fsp3) is 0.391. The Balaban J connectivity index is 1.95. The van der Waals surface area contributed by atoms with E-state index in [0.717, 1.165) is 45.3 Å². The van der Waals surface area contributed by atoms with Gasteiger partial charge in [-0.2, -0.15) is 0 Å². The summed E-state index contributed by atoms with van der Waals surface area (Å²) in [5.41, 5.74) is 5.65. The third-order valence-electron chi connectivity index (χ3n) is 6.21. The topological polar surface area (TPSA) is 74.1 Å². The maximum absolute atomic E-state index is 12.8. The number of hydrogen-bond acceptors (Lipinski definition) is 5. The molecular formula is C23H25N3O3. The first kappa shape index (κ1) is 19.3. The lowest BCUT2D eigenvalue weighted by atomic mass is 9.69. The lowest BCUT2D eigenvalue weighted by Gasteiger charge is -2.34. The van der Waals surface area contributed by atoms with Crippen molar-refractivity contribution >= 4 is 22.8 Å². The molecule has 0 spiro atoms. The molecule has 150 valence electrons. The number of ketones is 1. The number of fused-ring (bicyclic) bond motifs is 2. The summed E-state index contributed by atoms with van der Waals surface area (Å²) in [5.74, 6) is -0.425. The van der Waals surface area contributed by atoms with Crippen molar-refractivity contribution in [3.63, 3.8) is 0 Å². The van der Waals surface area contributed by atoms with Gasteiger partial charge in [0.2, 0.25) is 0 Å². The van der Waals surface area contributed by atoms with Gasteiger partial charge < -0.3 is 4.74 Å². The van der Waals surface area contributed by atoms with Gasteiger partial charge >= 0.3 is 5.97 Å². The SMILES string of the molecule is COC(=O)C(C)(C)[C@@H](c1ccc2c(c1)C(=O)CC2)c1ccc2c(nnn2C)c1C. The van der Waals surface area contributed by atoms with Crippen LogP contribution in [0, 0.1) is 12.3 Å². The summed E-state index contributed by atoms with van der Waals surface area (Å²) in [7, 11) is 3.27. The minimum absolute atomic E-state index is 0.164. The van der Waals surface area contributed by atoms with E-state index >= 15 is 0 Å². The molecule has 0 radical (unpaired) electrons. The van der Waals surface area contributed by atoms with E-state index in [1.165, 1.54) is 7.11 Å². The molecule has 1 aliphatic rings. The molecule has 0 saturated carbocycles. The predicted molar refractivity (Wildman–Crippen MR) is 110 cm³/mol. The monoisotopic (exact) mass is 391 g/mol. The lowest BCUT2D eigenvalue weighted by Crippen LogP contribution is -2.34. The molecule has 0 fully saturated rings. The summed E-state index contributed by atoms with van der Waals surface area (Å²) < 4.78 is 6.88. The molecule has 1 atom stereocenters. The van der Waals surface area contributed by atoms with E-state index < -0.39 is 5.41 Å². The first-order valence-corrected chi connectivity index (χ1v) is 9.79. The van der Waals surface area contributed by atoms with E-state index in [0.29, 0.717) is 6.42 Å². The van der Waals surface area contributed by atoms with Gasteiger partial charge in [0.05, 0.1) is 18.0 Å². The maximum atomic E-state index is 12.8. The van der Waals surface area contributed by atoms with E-state index in [2.05, 4.69) is 10.3 Å². The van der Waals surface area contributed by atoms with E-state index in [9.17, 15) is 9.59 Å². The molecule has 2 aromatic carbocycles. The summed E-state index contributed by atoms with van der Waals surface area (Å²) in [6, 6.07) is 10.0. The number of esters is 1. The second kappa shape index (κ2) is 6.79. The minimum atomic E-state index is -0.842. The number of ether oxygens (including phenoxy) is 1. The van der Waals surface area contributed by atoms with Gasteiger partial charge in [0.1, 0.15) is 5.52 Å². The number of carbonyl (C=O) groups excluding carboxylic acids is 2. The Labute approximate surface area is 169 Å². The zero-order valence-corrected chi connectivity index (χ0v) is 17.4. The van der Waals surface area contributed by atoms with Crippen molar-refractivity contribution in [3.05, 3.63) is 58.1 Å². The van der Waals surface area contributed by atoms with Crippen molar-refractivity contribution in [1.29, 1.82) is 0 Å². The summed E-state index contributed by atoms with van der Waals surface area (Å²) >= 11 is 0. The van der Waals surface area contributed by atoms with Crippen LogP contribution in [-0.4, -0.2) is 33.9 Å². The van der Waals surface area contributed by atoms with Gasteiger partial charge in [0.25, 0.3) is 0 Å². The molecule has 0 aliphatic heterocycles. The Morgan fingerprint density at radius 3 is 2.69 bits per heavy atom. The van der Waals surface area contributed by atoms with Crippen LogP contribution in [0.1, 0.15) is 58.8 Å². The largest absolute Gasteiger partial charge is 0.469 e. The average Bonchev–Trinajstić information content (AvgIpc) is 3.26. The van der Waals surface area contributed by atoms with Gasteiger partial charge in [0, 0.05) is 24.9 Å². The number of aromatic nitrogens is 3. The number of nitrogens with zero attached hydrogens (tertiary/aromatic N) is 3. The highest BCUT2D eigenvalue weighted by molar-refractivity contribution is 6.00. The van der Waals surface area contributed by atoms with E-state index in [1.54, 1.807) is 4.68 Å². The van der Waals surface area contributed by atoms with Crippen LogP contribution in [0.25, 0.3) is 11.0 Å². The van der Waals surface area contributed by atoms with Crippen molar-refractivity contribution in [2.24, 2.45) is 12.5 Å². The normalized spacial score (nSPS) is 14.9. The molecule has 0 unspecified atom stereocenters. The van der Waals surface area contributed by atoms with Crippen molar-refractivity contribution in [3.8, 4) is 0 Å². The van der Waals surface area contributed by atoms with Gasteiger partial charge in [-0.1, -0.05) is 23.4 Å². The van der Waals surface area contributed by atoms with Gasteiger partial charge in [0.15, 0.2) is 5.78 Å². The molecule has 29 heavy (non-hydrogen) atoms. The first-order chi connectivity index (χ1) is 13.8. The molecule has 0 saturated heterocycles. The Morgan fingerprint density at radius 1 is 1.21 bits per heavy atom. The summed E-state index contributed by atoms with van der Waals surface area (Å²) in [4.78, 5) is 25.1. The molecule has 0 bridgehead atoms.